The molecule has 3 aromatic carbocycles. The van der Waals surface area contributed by atoms with Gasteiger partial charge in [0.1, 0.15) is 0 Å². The number of rotatable bonds is 6. The van der Waals surface area contributed by atoms with E-state index in [1.807, 2.05) is 18.2 Å². The molecule has 32 heavy (non-hydrogen) atoms. The number of benzene rings is 3. The van der Waals surface area contributed by atoms with Crippen LogP contribution in [0.1, 0.15) is 26.3 Å². The molecule has 1 heterocycles. The number of ether oxygens (including phenoxy) is 1. The molecule has 4 rings (SSSR count). The highest BCUT2D eigenvalue weighted by Gasteiger charge is 2.19. The number of ketones is 1. The Morgan fingerprint density at radius 1 is 0.906 bits per heavy atom. The zero-order valence-corrected chi connectivity index (χ0v) is 17.0. The van der Waals surface area contributed by atoms with E-state index in [-0.39, 0.29) is 22.9 Å². The van der Waals surface area contributed by atoms with Gasteiger partial charge >= 0.3 is 6.09 Å². The molecule has 9 nitrogen and oxygen atoms in total. The summed E-state index contributed by atoms with van der Waals surface area (Å²) in [5.74, 6) is -0.575. The van der Waals surface area contributed by atoms with Crippen molar-refractivity contribution >= 4 is 40.5 Å². The Bertz CT molecular complexity index is 1300. The zero-order valence-electron chi connectivity index (χ0n) is 17.0. The molecular weight excluding hydrogens is 410 g/mol. The molecule has 2 amide bonds. The monoisotopic (exact) mass is 429 g/mol. The molecule has 0 aliphatic carbocycles. The highest BCUT2D eigenvalue weighted by Crippen LogP contribution is 2.20. The van der Waals surface area contributed by atoms with Crippen LogP contribution in [-0.4, -0.2) is 34.9 Å². The van der Waals surface area contributed by atoms with E-state index in [4.69, 9.17) is 0 Å². The van der Waals surface area contributed by atoms with Gasteiger partial charge in [0.05, 0.1) is 29.4 Å². The standard InChI is InChI=1S/C23H19N5O4/c1-32-23(31)26-22-24-18-12-11-14(13-19(18)25-22)20(29)16-9-5-6-10-17(16)21(30)28-27-15-7-3-2-4-8-15/h2-13,27H,1H3,(H,28,30)(H2,24,25,26,31). The number of nitrogens with one attached hydrogen (secondary N) is 4. The first kappa shape index (κ1) is 20.6. The Morgan fingerprint density at radius 3 is 2.38 bits per heavy atom. The Morgan fingerprint density at radius 2 is 1.62 bits per heavy atom. The normalized spacial score (nSPS) is 10.4. The fourth-order valence-electron chi connectivity index (χ4n) is 3.11. The first-order chi connectivity index (χ1) is 15.5. The van der Waals surface area contributed by atoms with Gasteiger partial charge in [0, 0.05) is 11.1 Å². The highest BCUT2D eigenvalue weighted by molar-refractivity contribution is 6.16. The Balaban J connectivity index is 1.57. The van der Waals surface area contributed by atoms with E-state index >= 15 is 0 Å². The maximum atomic E-state index is 13.2. The third-order valence-electron chi connectivity index (χ3n) is 4.66. The van der Waals surface area contributed by atoms with Gasteiger partial charge in [-0.1, -0.05) is 36.4 Å². The SMILES string of the molecule is COC(=O)Nc1nc2cc(C(=O)c3ccccc3C(=O)NNc3ccccc3)ccc2[nH]1. The zero-order chi connectivity index (χ0) is 22.5. The van der Waals surface area contributed by atoms with Gasteiger partial charge in [-0.2, -0.15) is 0 Å². The van der Waals surface area contributed by atoms with Crippen LogP contribution in [0.5, 0.6) is 0 Å². The Hall–Kier alpha value is -4.66. The van der Waals surface area contributed by atoms with Gasteiger partial charge in [-0.05, 0) is 36.4 Å². The molecule has 0 spiro atoms. The van der Waals surface area contributed by atoms with E-state index in [1.54, 1.807) is 54.6 Å². The number of para-hydroxylation sites is 1. The number of hydrogen-bond donors (Lipinski definition) is 4. The molecule has 0 radical (unpaired) electrons. The Labute approximate surface area is 182 Å². The summed E-state index contributed by atoms with van der Waals surface area (Å²) in [6.07, 6.45) is -0.663. The summed E-state index contributed by atoms with van der Waals surface area (Å²) >= 11 is 0. The van der Waals surface area contributed by atoms with Crippen molar-refractivity contribution in [3.05, 3.63) is 89.5 Å². The molecule has 0 unspecified atom stereocenters. The average Bonchev–Trinajstić information content (AvgIpc) is 3.24. The number of fused-ring (bicyclic) bond motifs is 1. The van der Waals surface area contributed by atoms with Crippen LogP contribution in [0.15, 0.2) is 72.8 Å². The summed E-state index contributed by atoms with van der Waals surface area (Å²) in [4.78, 5) is 44.5. The predicted octanol–water partition coefficient (Wildman–Crippen LogP) is 3.73. The van der Waals surface area contributed by atoms with Crippen molar-refractivity contribution in [2.45, 2.75) is 0 Å². The number of hydrogen-bond acceptors (Lipinski definition) is 6. The van der Waals surface area contributed by atoms with Gasteiger partial charge < -0.3 is 9.72 Å². The number of amides is 2. The summed E-state index contributed by atoms with van der Waals surface area (Å²) in [6, 6.07) is 20.6. The van der Waals surface area contributed by atoms with Crippen molar-refractivity contribution in [2.24, 2.45) is 0 Å². The second-order valence-corrected chi connectivity index (χ2v) is 6.75. The number of anilines is 2. The number of carbonyl (C=O) groups excluding carboxylic acids is 3. The average molecular weight is 429 g/mol. The number of hydrazine groups is 1. The molecule has 0 bridgehead atoms. The van der Waals surface area contributed by atoms with Crippen LogP contribution in [0.3, 0.4) is 0 Å². The minimum atomic E-state index is -0.663. The third kappa shape index (κ3) is 4.41. The molecule has 0 aliphatic rings. The molecule has 1 aromatic heterocycles. The smallest absolute Gasteiger partial charge is 0.413 e. The van der Waals surface area contributed by atoms with Crippen molar-refractivity contribution in [3.8, 4) is 0 Å². The molecule has 0 aliphatic heterocycles. The summed E-state index contributed by atoms with van der Waals surface area (Å²) in [6.45, 7) is 0. The van der Waals surface area contributed by atoms with Gasteiger partial charge in [0.15, 0.2) is 5.78 Å². The lowest BCUT2D eigenvalue weighted by atomic mass is 9.97. The van der Waals surface area contributed by atoms with E-state index < -0.39 is 12.0 Å². The quantitative estimate of drug-likeness (QED) is 0.273. The number of nitrogens with zero attached hydrogens (tertiary/aromatic N) is 1. The van der Waals surface area contributed by atoms with Crippen LogP contribution >= 0.6 is 0 Å². The molecule has 4 N–H and O–H groups in total. The molecule has 9 heteroatoms. The van der Waals surface area contributed by atoms with Gasteiger partial charge in [-0.3, -0.25) is 25.8 Å². The lowest BCUT2D eigenvalue weighted by molar-refractivity contribution is 0.0950. The number of H-pyrrole nitrogens is 1. The first-order valence-electron chi connectivity index (χ1n) is 9.65. The third-order valence-corrected chi connectivity index (χ3v) is 4.66. The minimum Gasteiger partial charge on any atom is -0.453 e. The van der Waals surface area contributed by atoms with Crippen LogP contribution in [0.25, 0.3) is 11.0 Å². The molecule has 0 fully saturated rings. The first-order valence-corrected chi connectivity index (χ1v) is 9.65. The van der Waals surface area contributed by atoms with E-state index in [0.29, 0.717) is 22.3 Å². The van der Waals surface area contributed by atoms with Crippen LogP contribution in [0.2, 0.25) is 0 Å². The number of carbonyl (C=O) groups is 3. The number of aromatic amines is 1. The van der Waals surface area contributed by atoms with Crippen molar-refractivity contribution in [3.63, 3.8) is 0 Å². The second kappa shape index (κ2) is 9.00. The van der Waals surface area contributed by atoms with Crippen LogP contribution in [0.4, 0.5) is 16.4 Å². The number of aromatic nitrogens is 2. The number of imidazole rings is 1. The van der Waals surface area contributed by atoms with E-state index in [0.717, 1.165) is 0 Å². The van der Waals surface area contributed by atoms with Gasteiger partial charge in [0.2, 0.25) is 5.95 Å². The molecule has 4 aromatic rings. The molecular formula is C23H19N5O4. The second-order valence-electron chi connectivity index (χ2n) is 6.75. The summed E-state index contributed by atoms with van der Waals surface area (Å²) < 4.78 is 4.55. The van der Waals surface area contributed by atoms with E-state index in [9.17, 15) is 14.4 Å². The van der Waals surface area contributed by atoms with Crippen molar-refractivity contribution in [1.82, 2.24) is 15.4 Å². The van der Waals surface area contributed by atoms with Crippen molar-refractivity contribution in [2.75, 3.05) is 17.9 Å². The largest absolute Gasteiger partial charge is 0.453 e. The van der Waals surface area contributed by atoms with Crippen LogP contribution in [0, 0.1) is 0 Å². The summed E-state index contributed by atoms with van der Waals surface area (Å²) in [5, 5.41) is 2.44. The maximum absolute atomic E-state index is 13.2. The van der Waals surface area contributed by atoms with Crippen LogP contribution in [-0.2, 0) is 4.74 Å². The molecule has 0 saturated heterocycles. The van der Waals surface area contributed by atoms with Crippen molar-refractivity contribution < 1.29 is 19.1 Å². The molecule has 0 saturated carbocycles. The predicted molar refractivity (Wildman–Crippen MR) is 120 cm³/mol. The fourth-order valence-corrected chi connectivity index (χ4v) is 3.11. The van der Waals surface area contributed by atoms with Gasteiger partial charge in [-0.25, -0.2) is 9.78 Å². The molecule has 0 atom stereocenters. The van der Waals surface area contributed by atoms with Gasteiger partial charge in [0.25, 0.3) is 5.91 Å². The summed E-state index contributed by atoms with van der Waals surface area (Å²) in [7, 11) is 1.25. The van der Waals surface area contributed by atoms with Gasteiger partial charge in [-0.15, -0.1) is 0 Å². The lowest BCUT2D eigenvalue weighted by Gasteiger charge is -2.11. The minimum absolute atomic E-state index is 0.197. The Kier molecular flexibility index (Phi) is 5.80. The fraction of sp³-hybridized carbons (Fsp3) is 0.0435. The van der Waals surface area contributed by atoms with E-state index in [1.165, 1.54) is 7.11 Å². The molecule has 160 valence electrons. The maximum Gasteiger partial charge on any atom is 0.413 e. The highest BCUT2D eigenvalue weighted by atomic mass is 16.5. The lowest BCUT2D eigenvalue weighted by Crippen LogP contribution is -2.30. The van der Waals surface area contributed by atoms with Crippen molar-refractivity contribution in [1.29, 1.82) is 0 Å². The van der Waals surface area contributed by atoms with Crippen LogP contribution < -0.4 is 16.2 Å². The number of methoxy groups -OCH3 is 1. The summed E-state index contributed by atoms with van der Waals surface area (Å²) in [5.41, 5.74) is 8.10. The van der Waals surface area contributed by atoms with E-state index in [2.05, 4.69) is 30.9 Å². The topological polar surface area (TPSA) is 125 Å².